The molecule has 2 N–H and O–H groups in total. The molecule has 5 aliphatic rings. The largest absolute Gasteiger partial charge is 0.359 e. The maximum Gasteiger partial charge on any atom is 0.246 e. The Hall–Kier alpha value is -1.89. The van der Waals surface area contributed by atoms with Gasteiger partial charge >= 0.3 is 0 Å². The van der Waals surface area contributed by atoms with Crippen LogP contribution in [0, 0.1) is 11.8 Å². The van der Waals surface area contributed by atoms with E-state index in [0.29, 0.717) is 0 Å². The van der Waals surface area contributed by atoms with Gasteiger partial charge in [-0.15, -0.1) is 0 Å². The van der Waals surface area contributed by atoms with Crippen molar-refractivity contribution in [3.8, 4) is 0 Å². The van der Waals surface area contributed by atoms with Gasteiger partial charge in [-0.3, -0.25) is 14.4 Å². The molecule has 4 fully saturated rings. The Morgan fingerprint density at radius 1 is 1.10 bits per heavy atom. The average molecular weight is 416 g/mol. The summed E-state index contributed by atoms with van der Waals surface area (Å²) in [6.07, 6.45) is 10.6. The minimum Gasteiger partial charge on any atom is -0.359 e. The van der Waals surface area contributed by atoms with Gasteiger partial charge in [0.05, 0.1) is 17.9 Å². The molecular weight excluding hydrogens is 382 g/mol. The monoisotopic (exact) mass is 415 g/mol. The lowest BCUT2D eigenvalue weighted by molar-refractivity contribution is -0.143. The SMILES string of the molecule is CC(C)(C)NC(=O)[C@@H]1N(C2CC2)C(=O)[C@H]2[C@@H](C(=O)NC3CCCCC3)[C@H]3C=C[C@@]12O3. The maximum absolute atomic E-state index is 13.6. The van der Waals surface area contributed by atoms with Crippen LogP contribution in [-0.2, 0) is 19.1 Å². The fraction of sp³-hybridized carbons (Fsp3) is 0.783. The first-order valence-corrected chi connectivity index (χ1v) is 11.5. The van der Waals surface area contributed by atoms with Gasteiger partial charge in [0.25, 0.3) is 0 Å². The lowest BCUT2D eigenvalue weighted by Gasteiger charge is -2.34. The van der Waals surface area contributed by atoms with Crippen LogP contribution in [0.5, 0.6) is 0 Å². The molecule has 0 aromatic rings. The predicted octanol–water partition coefficient (Wildman–Crippen LogP) is 1.66. The van der Waals surface area contributed by atoms with E-state index >= 15 is 0 Å². The zero-order valence-corrected chi connectivity index (χ0v) is 18.1. The second-order valence-corrected chi connectivity index (χ2v) is 10.8. The summed E-state index contributed by atoms with van der Waals surface area (Å²) in [7, 11) is 0. The van der Waals surface area contributed by atoms with Crippen molar-refractivity contribution >= 4 is 17.7 Å². The Morgan fingerprint density at radius 3 is 2.43 bits per heavy atom. The summed E-state index contributed by atoms with van der Waals surface area (Å²) in [4.78, 5) is 42.0. The number of carbonyl (C=O) groups is 3. The van der Waals surface area contributed by atoms with Crippen molar-refractivity contribution in [1.82, 2.24) is 15.5 Å². The van der Waals surface area contributed by atoms with Gasteiger partial charge < -0.3 is 20.3 Å². The van der Waals surface area contributed by atoms with Crippen LogP contribution in [-0.4, -0.2) is 58.0 Å². The summed E-state index contributed by atoms with van der Waals surface area (Å²) >= 11 is 0. The van der Waals surface area contributed by atoms with Gasteiger partial charge in [-0.25, -0.2) is 0 Å². The molecule has 7 heteroatoms. The summed E-state index contributed by atoms with van der Waals surface area (Å²) < 4.78 is 6.34. The molecule has 2 saturated heterocycles. The minimum atomic E-state index is -1.03. The summed E-state index contributed by atoms with van der Waals surface area (Å²) in [5, 5.41) is 6.24. The van der Waals surface area contributed by atoms with Crippen molar-refractivity contribution in [2.45, 2.75) is 101 Å². The first-order valence-electron chi connectivity index (χ1n) is 11.5. The highest BCUT2D eigenvalue weighted by atomic mass is 16.5. The molecule has 1 spiro atoms. The molecule has 30 heavy (non-hydrogen) atoms. The van der Waals surface area contributed by atoms with Crippen LogP contribution >= 0.6 is 0 Å². The second-order valence-electron chi connectivity index (χ2n) is 10.8. The van der Waals surface area contributed by atoms with Gasteiger partial charge in [0, 0.05) is 17.6 Å². The van der Waals surface area contributed by atoms with Crippen LogP contribution in [0.25, 0.3) is 0 Å². The molecule has 164 valence electrons. The van der Waals surface area contributed by atoms with Gasteiger partial charge in [-0.1, -0.05) is 31.4 Å². The molecule has 3 aliphatic heterocycles. The summed E-state index contributed by atoms with van der Waals surface area (Å²) in [5.74, 6) is -1.55. The van der Waals surface area contributed by atoms with Crippen molar-refractivity contribution in [2.24, 2.45) is 11.8 Å². The smallest absolute Gasteiger partial charge is 0.246 e. The van der Waals surface area contributed by atoms with Gasteiger partial charge in [0.1, 0.15) is 11.6 Å². The van der Waals surface area contributed by atoms with Crippen molar-refractivity contribution in [2.75, 3.05) is 0 Å². The predicted molar refractivity (Wildman–Crippen MR) is 110 cm³/mol. The third-order valence-corrected chi connectivity index (χ3v) is 7.25. The normalized spacial score (nSPS) is 38.1. The highest BCUT2D eigenvalue weighted by Gasteiger charge is 2.74. The van der Waals surface area contributed by atoms with Crippen LogP contribution in [0.15, 0.2) is 12.2 Å². The van der Waals surface area contributed by atoms with Gasteiger partial charge in [0.15, 0.2) is 0 Å². The lowest BCUT2D eigenvalue weighted by atomic mass is 9.74. The van der Waals surface area contributed by atoms with Crippen molar-refractivity contribution in [3.63, 3.8) is 0 Å². The van der Waals surface area contributed by atoms with E-state index in [1.54, 1.807) is 4.90 Å². The number of nitrogens with one attached hydrogen (secondary N) is 2. The third-order valence-electron chi connectivity index (χ3n) is 7.25. The van der Waals surface area contributed by atoms with E-state index in [1.165, 1.54) is 6.42 Å². The number of nitrogens with zero attached hydrogens (tertiary/aromatic N) is 1. The molecule has 0 aromatic carbocycles. The molecule has 2 bridgehead atoms. The number of carbonyl (C=O) groups excluding carboxylic acids is 3. The third kappa shape index (κ3) is 3.08. The highest BCUT2D eigenvalue weighted by Crippen LogP contribution is 2.57. The first kappa shape index (κ1) is 20.0. The molecule has 0 radical (unpaired) electrons. The highest BCUT2D eigenvalue weighted by molar-refractivity contribution is 6.00. The second kappa shape index (κ2) is 6.81. The van der Waals surface area contributed by atoms with Crippen molar-refractivity contribution in [3.05, 3.63) is 12.2 Å². The fourth-order valence-corrected chi connectivity index (χ4v) is 5.93. The molecule has 2 saturated carbocycles. The Bertz CT molecular complexity index is 793. The Balaban J connectivity index is 1.44. The number of likely N-dealkylation sites (tertiary alicyclic amines) is 1. The zero-order valence-electron chi connectivity index (χ0n) is 18.1. The van der Waals surface area contributed by atoms with Crippen LogP contribution < -0.4 is 10.6 Å². The number of hydrogen-bond acceptors (Lipinski definition) is 4. The summed E-state index contributed by atoms with van der Waals surface area (Å²) in [6.45, 7) is 5.80. The van der Waals surface area contributed by atoms with E-state index in [2.05, 4.69) is 10.6 Å². The number of fused-ring (bicyclic) bond motifs is 1. The van der Waals surface area contributed by atoms with E-state index in [4.69, 9.17) is 4.74 Å². The number of rotatable bonds is 4. The van der Waals surface area contributed by atoms with E-state index in [0.717, 1.165) is 38.5 Å². The van der Waals surface area contributed by atoms with E-state index < -0.39 is 35.1 Å². The molecule has 0 aromatic heterocycles. The van der Waals surface area contributed by atoms with Crippen LogP contribution in [0.3, 0.4) is 0 Å². The van der Waals surface area contributed by atoms with E-state index in [-0.39, 0.29) is 29.8 Å². The minimum absolute atomic E-state index is 0.0753. The first-order chi connectivity index (χ1) is 14.2. The summed E-state index contributed by atoms with van der Waals surface area (Å²) in [5.41, 5.74) is -1.45. The molecular formula is C23H33N3O4. The maximum atomic E-state index is 13.6. The molecule has 3 heterocycles. The number of hydrogen-bond donors (Lipinski definition) is 2. The number of amides is 3. The topological polar surface area (TPSA) is 87.7 Å². The van der Waals surface area contributed by atoms with Gasteiger partial charge in [-0.05, 0) is 46.5 Å². The van der Waals surface area contributed by atoms with Crippen LogP contribution in [0.2, 0.25) is 0 Å². The standard InChI is InChI=1S/C23H33N3O4/c1-22(2,3)25-20(28)18-23-12-11-15(30-23)16(17(23)21(29)26(18)14-9-10-14)19(27)24-13-7-5-4-6-8-13/h11-18H,4-10H2,1-3H3,(H,24,27)(H,25,28)/t15-,16+,17-,18+,23+/m1/s1. The number of ether oxygens (including phenoxy) is 1. The molecule has 3 amide bonds. The molecule has 5 atom stereocenters. The Morgan fingerprint density at radius 2 is 1.80 bits per heavy atom. The van der Waals surface area contributed by atoms with Gasteiger partial charge in [-0.2, -0.15) is 0 Å². The van der Waals surface area contributed by atoms with Crippen molar-refractivity contribution < 1.29 is 19.1 Å². The average Bonchev–Trinajstić information content (AvgIpc) is 3.26. The quantitative estimate of drug-likeness (QED) is 0.684. The zero-order chi connectivity index (χ0) is 21.3. The molecule has 7 nitrogen and oxygen atoms in total. The lowest BCUT2D eigenvalue weighted by Crippen LogP contribution is -2.58. The van der Waals surface area contributed by atoms with Crippen LogP contribution in [0.4, 0.5) is 0 Å². The Kier molecular flexibility index (Phi) is 4.55. The van der Waals surface area contributed by atoms with Crippen molar-refractivity contribution in [1.29, 1.82) is 0 Å². The Labute approximate surface area is 178 Å². The molecule has 2 aliphatic carbocycles. The summed E-state index contributed by atoms with van der Waals surface area (Å²) in [6, 6.07) is -0.455. The van der Waals surface area contributed by atoms with Crippen LogP contribution in [0.1, 0.15) is 65.7 Å². The van der Waals surface area contributed by atoms with Gasteiger partial charge in [0.2, 0.25) is 17.7 Å². The van der Waals surface area contributed by atoms with E-state index in [1.807, 2.05) is 32.9 Å². The molecule has 5 rings (SSSR count). The van der Waals surface area contributed by atoms with E-state index in [9.17, 15) is 14.4 Å². The fourth-order valence-electron chi connectivity index (χ4n) is 5.93. The molecule has 0 unspecified atom stereocenters.